The van der Waals surface area contributed by atoms with Crippen LogP contribution in [0, 0.1) is 11.8 Å². The van der Waals surface area contributed by atoms with Gasteiger partial charge < -0.3 is 20.4 Å². The molecule has 2 heterocycles. The molecule has 1 amide bonds. The third-order valence-corrected chi connectivity index (χ3v) is 4.68. The number of nitrogens with one attached hydrogen (secondary N) is 3. The first-order valence-corrected chi connectivity index (χ1v) is 9.37. The average molecular weight is 383 g/mol. The van der Waals surface area contributed by atoms with E-state index >= 15 is 0 Å². The van der Waals surface area contributed by atoms with Crippen molar-refractivity contribution in [3.8, 4) is 17.6 Å². The molecule has 0 saturated carbocycles. The fourth-order valence-electron chi connectivity index (χ4n) is 3.30. The second kappa shape index (κ2) is 8.51. The summed E-state index contributed by atoms with van der Waals surface area (Å²) in [6.07, 6.45) is 3.59. The van der Waals surface area contributed by atoms with Crippen LogP contribution in [0.1, 0.15) is 22.4 Å². The molecule has 0 radical (unpaired) electrons. The Morgan fingerprint density at radius 1 is 1.10 bits per heavy atom. The first kappa shape index (κ1) is 18.6. The van der Waals surface area contributed by atoms with Crippen molar-refractivity contribution in [2.75, 3.05) is 19.0 Å². The van der Waals surface area contributed by atoms with Crippen molar-refractivity contribution in [3.05, 3.63) is 83.2 Å². The normalized spacial score (nSPS) is 13.6. The van der Waals surface area contributed by atoms with Crippen LogP contribution in [0.2, 0.25) is 0 Å². The van der Waals surface area contributed by atoms with Crippen LogP contribution in [0.3, 0.4) is 0 Å². The Kier molecular flexibility index (Phi) is 5.46. The fraction of sp³-hybridized carbons (Fsp3) is 0.125. The minimum atomic E-state index is -0.145. The molecule has 5 nitrogen and oxygen atoms in total. The minimum Gasteiger partial charge on any atom is -0.495 e. The molecule has 144 valence electrons. The average Bonchev–Trinajstić information content (AvgIpc) is 3.33. The molecule has 2 aromatic carbocycles. The SMILES string of the molecule is COc1cc[nH]c1/C=C1\C(=O)Nc2cccc(C#CCNCc3ccccc3)c21. The number of carbonyl (C=O) groups excluding carboxylic acids is 1. The number of hydrogen-bond donors (Lipinski definition) is 3. The van der Waals surface area contributed by atoms with Gasteiger partial charge in [0.25, 0.3) is 5.91 Å². The predicted molar refractivity (Wildman–Crippen MR) is 115 cm³/mol. The number of carbonyl (C=O) groups is 1. The van der Waals surface area contributed by atoms with Gasteiger partial charge in [-0.1, -0.05) is 48.2 Å². The second-order valence-electron chi connectivity index (χ2n) is 6.59. The number of H-pyrrole nitrogens is 1. The van der Waals surface area contributed by atoms with E-state index in [-0.39, 0.29) is 5.91 Å². The number of anilines is 1. The molecule has 0 aliphatic carbocycles. The first-order chi connectivity index (χ1) is 14.3. The highest BCUT2D eigenvalue weighted by atomic mass is 16.5. The molecule has 3 aromatic rings. The quantitative estimate of drug-likeness (QED) is 0.358. The smallest absolute Gasteiger partial charge is 0.256 e. The summed E-state index contributed by atoms with van der Waals surface area (Å²) in [6.45, 7) is 1.32. The molecule has 3 N–H and O–H groups in total. The van der Waals surface area contributed by atoms with Gasteiger partial charge in [-0.05, 0) is 29.8 Å². The molecule has 5 heteroatoms. The van der Waals surface area contributed by atoms with Crippen molar-refractivity contribution >= 4 is 23.2 Å². The summed E-state index contributed by atoms with van der Waals surface area (Å²) in [5, 5.41) is 6.23. The third-order valence-electron chi connectivity index (χ3n) is 4.68. The maximum Gasteiger partial charge on any atom is 0.256 e. The van der Waals surface area contributed by atoms with Crippen LogP contribution in [0.4, 0.5) is 5.69 Å². The summed E-state index contributed by atoms with van der Waals surface area (Å²) in [4.78, 5) is 15.7. The number of aromatic nitrogens is 1. The molecular weight excluding hydrogens is 362 g/mol. The number of aromatic amines is 1. The maximum atomic E-state index is 12.5. The lowest BCUT2D eigenvalue weighted by molar-refractivity contribution is -0.110. The molecule has 0 saturated heterocycles. The van der Waals surface area contributed by atoms with Gasteiger partial charge >= 0.3 is 0 Å². The number of rotatable bonds is 5. The molecule has 0 bridgehead atoms. The van der Waals surface area contributed by atoms with E-state index in [2.05, 4.69) is 39.6 Å². The third kappa shape index (κ3) is 4.08. The summed E-state index contributed by atoms with van der Waals surface area (Å²) in [7, 11) is 1.60. The molecular formula is C24H21N3O2. The Hall–Kier alpha value is -3.75. The zero-order valence-corrected chi connectivity index (χ0v) is 16.1. The molecule has 0 unspecified atom stereocenters. The standard InChI is InChI=1S/C24H21N3O2/c1-29-22-12-14-26-21(22)15-19-23-18(9-5-11-20(23)27-24(19)28)10-6-13-25-16-17-7-3-2-4-8-17/h2-5,7-9,11-12,14-15,25-26H,13,16H2,1H3,(H,27,28)/b19-15-. The summed E-state index contributed by atoms with van der Waals surface area (Å²) < 4.78 is 5.33. The lowest BCUT2D eigenvalue weighted by Gasteiger charge is -2.03. The van der Waals surface area contributed by atoms with Crippen molar-refractivity contribution in [2.24, 2.45) is 0 Å². The van der Waals surface area contributed by atoms with Crippen molar-refractivity contribution in [1.82, 2.24) is 10.3 Å². The summed E-state index contributed by atoms with van der Waals surface area (Å²) in [5.41, 5.74) is 4.95. The van der Waals surface area contributed by atoms with Crippen LogP contribution >= 0.6 is 0 Å². The summed E-state index contributed by atoms with van der Waals surface area (Å²) in [6, 6.07) is 17.7. The van der Waals surface area contributed by atoms with Crippen LogP contribution in [0.25, 0.3) is 11.6 Å². The largest absolute Gasteiger partial charge is 0.495 e. The molecule has 1 aromatic heterocycles. The van der Waals surface area contributed by atoms with Gasteiger partial charge in [0.1, 0.15) is 5.75 Å². The van der Waals surface area contributed by atoms with E-state index in [0.717, 1.165) is 29.1 Å². The van der Waals surface area contributed by atoms with Crippen molar-refractivity contribution in [2.45, 2.75) is 6.54 Å². The lowest BCUT2D eigenvalue weighted by atomic mass is 9.99. The molecule has 1 aliphatic rings. The monoisotopic (exact) mass is 383 g/mol. The molecule has 29 heavy (non-hydrogen) atoms. The molecule has 0 spiro atoms. The summed E-state index contributed by atoms with van der Waals surface area (Å²) >= 11 is 0. The van der Waals surface area contributed by atoms with Crippen LogP contribution < -0.4 is 15.4 Å². The van der Waals surface area contributed by atoms with Gasteiger partial charge in [0.15, 0.2) is 0 Å². The Bertz CT molecular complexity index is 1120. The van der Waals surface area contributed by atoms with E-state index in [1.54, 1.807) is 19.4 Å². The van der Waals surface area contributed by atoms with Gasteiger partial charge in [-0.15, -0.1) is 0 Å². The van der Waals surface area contributed by atoms with E-state index in [1.807, 2.05) is 42.5 Å². The Morgan fingerprint density at radius 2 is 1.97 bits per heavy atom. The Labute approximate surface area is 169 Å². The van der Waals surface area contributed by atoms with Crippen LogP contribution in [-0.4, -0.2) is 24.5 Å². The zero-order valence-electron chi connectivity index (χ0n) is 16.1. The highest BCUT2D eigenvalue weighted by molar-refractivity contribution is 6.35. The number of ether oxygens (including phenoxy) is 1. The van der Waals surface area contributed by atoms with Gasteiger partial charge in [0.2, 0.25) is 0 Å². The maximum absolute atomic E-state index is 12.5. The van der Waals surface area contributed by atoms with E-state index < -0.39 is 0 Å². The van der Waals surface area contributed by atoms with Gasteiger partial charge in [0.05, 0.1) is 30.6 Å². The molecule has 1 aliphatic heterocycles. The first-order valence-electron chi connectivity index (χ1n) is 9.37. The van der Waals surface area contributed by atoms with Gasteiger partial charge in [-0.25, -0.2) is 0 Å². The highest BCUT2D eigenvalue weighted by Gasteiger charge is 2.26. The number of amides is 1. The number of hydrogen-bond acceptors (Lipinski definition) is 3. The number of benzene rings is 2. The van der Waals surface area contributed by atoms with E-state index in [1.165, 1.54) is 5.56 Å². The second-order valence-corrected chi connectivity index (χ2v) is 6.59. The topological polar surface area (TPSA) is 66.2 Å². The van der Waals surface area contributed by atoms with Crippen molar-refractivity contribution in [3.63, 3.8) is 0 Å². The van der Waals surface area contributed by atoms with E-state index in [4.69, 9.17) is 4.74 Å². The van der Waals surface area contributed by atoms with Crippen LogP contribution in [0.5, 0.6) is 5.75 Å². The predicted octanol–water partition coefficient (Wildman–Crippen LogP) is 3.66. The molecule has 0 fully saturated rings. The number of fused-ring (bicyclic) bond motifs is 1. The Balaban J connectivity index is 1.55. The van der Waals surface area contributed by atoms with Crippen LogP contribution in [-0.2, 0) is 11.3 Å². The fourth-order valence-corrected chi connectivity index (χ4v) is 3.30. The van der Waals surface area contributed by atoms with Crippen molar-refractivity contribution < 1.29 is 9.53 Å². The van der Waals surface area contributed by atoms with E-state index in [0.29, 0.717) is 17.9 Å². The molecule has 0 atom stereocenters. The van der Waals surface area contributed by atoms with Crippen LogP contribution in [0.15, 0.2) is 60.8 Å². The van der Waals surface area contributed by atoms with Crippen molar-refractivity contribution in [1.29, 1.82) is 0 Å². The lowest BCUT2D eigenvalue weighted by Crippen LogP contribution is -2.12. The Morgan fingerprint density at radius 3 is 2.79 bits per heavy atom. The molecule has 4 rings (SSSR count). The zero-order chi connectivity index (χ0) is 20.1. The number of methoxy groups -OCH3 is 1. The summed E-state index contributed by atoms with van der Waals surface area (Å²) in [5.74, 6) is 6.90. The van der Waals surface area contributed by atoms with Gasteiger partial charge in [0, 0.05) is 23.9 Å². The van der Waals surface area contributed by atoms with E-state index in [9.17, 15) is 4.79 Å². The van der Waals surface area contributed by atoms with Gasteiger partial charge in [-0.2, -0.15) is 0 Å². The minimum absolute atomic E-state index is 0.145. The highest BCUT2D eigenvalue weighted by Crippen LogP contribution is 2.36. The van der Waals surface area contributed by atoms with Gasteiger partial charge in [-0.3, -0.25) is 4.79 Å².